The van der Waals surface area contributed by atoms with Crippen molar-refractivity contribution in [3.8, 4) is 73.6 Å². The number of rotatable bonds is 7. The van der Waals surface area contributed by atoms with Crippen molar-refractivity contribution >= 4 is 0 Å². The molecule has 1 aromatic heterocycles. The fourth-order valence-corrected chi connectivity index (χ4v) is 9.80. The van der Waals surface area contributed by atoms with E-state index in [2.05, 4.69) is 129 Å². The van der Waals surface area contributed by atoms with E-state index in [1.165, 1.54) is 43.2 Å². The first-order valence-corrected chi connectivity index (χ1v) is 19.7. The van der Waals surface area contributed by atoms with Gasteiger partial charge in [-0.3, -0.25) is 0 Å². The van der Waals surface area contributed by atoms with E-state index in [-0.39, 0.29) is 0 Å². The van der Waals surface area contributed by atoms with Gasteiger partial charge >= 0.3 is 0 Å². The maximum absolute atomic E-state index is 9.73. The van der Waals surface area contributed by atoms with Crippen LogP contribution in [0.25, 0.3) is 67.5 Å². The number of nitrogens with zero attached hydrogens (tertiary/aromatic N) is 4. The van der Waals surface area contributed by atoms with Crippen molar-refractivity contribution in [1.82, 2.24) is 15.0 Å². The van der Waals surface area contributed by atoms with Crippen LogP contribution in [0.4, 0.5) is 0 Å². The molecule has 0 spiro atoms. The molecule has 2 fully saturated rings. The summed E-state index contributed by atoms with van der Waals surface area (Å²) in [5.74, 6) is 4.11. The van der Waals surface area contributed by atoms with E-state index in [1.54, 1.807) is 6.07 Å². The minimum atomic E-state index is 0.305. The zero-order valence-electron chi connectivity index (χ0n) is 31.5. The van der Waals surface area contributed by atoms with Crippen LogP contribution in [0.3, 0.4) is 0 Å². The number of nitriles is 1. The molecule has 4 heteroatoms. The molecule has 268 valence electrons. The first-order valence-electron chi connectivity index (χ1n) is 19.7. The quantitative estimate of drug-likeness (QED) is 0.165. The van der Waals surface area contributed by atoms with E-state index in [0.29, 0.717) is 28.5 Å². The predicted molar refractivity (Wildman–Crippen MR) is 224 cm³/mol. The number of fused-ring (bicyclic) bond motifs is 2. The largest absolute Gasteiger partial charge is 0.208 e. The zero-order chi connectivity index (χ0) is 37.4. The van der Waals surface area contributed by atoms with Crippen molar-refractivity contribution in [3.63, 3.8) is 0 Å². The smallest absolute Gasteiger partial charge is 0.164 e. The van der Waals surface area contributed by atoms with E-state index in [0.717, 1.165) is 62.3 Å². The van der Waals surface area contributed by atoms with Crippen LogP contribution in [0.15, 0.2) is 152 Å². The molecule has 6 aromatic carbocycles. The molecule has 1 heterocycles. The van der Waals surface area contributed by atoms with Gasteiger partial charge in [0.15, 0.2) is 17.5 Å². The van der Waals surface area contributed by atoms with Crippen molar-refractivity contribution in [1.29, 1.82) is 5.26 Å². The highest BCUT2D eigenvalue weighted by molar-refractivity contribution is 5.86. The molecule has 2 saturated carbocycles. The lowest BCUT2D eigenvalue weighted by atomic mass is 9.54. The molecular weight excluding hydrogens is 669 g/mol. The second kappa shape index (κ2) is 14.6. The van der Waals surface area contributed by atoms with Crippen molar-refractivity contribution in [2.24, 2.45) is 17.8 Å². The van der Waals surface area contributed by atoms with Crippen LogP contribution in [-0.2, 0) is 5.41 Å². The number of hydrogen-bond donors (Lipinski definition) is 0. The van der Waals surface area contributed by atoms with Crippen LogP contribution in [0.5, 0.6) is 0 Å². The Kier molecular flexibility index (Phi) is 9.16. The Hall–Kier alpha value is -6.18. The second-order valence-electron chi connectivity index (χ2n) is 16.1. The molecule has 7 aromatic rings. The minimum Gasteiger partial charge on any atom is -0.208 e. The van der Waals surface area contributed by atoms with Crippen molar-refractivity contribution in [2.75, 3.05) is 0 Å². The average Bonchev–Trinajstić information content (AvgIpc) is 3.23. The van der Waals surface area contributed by atoms with Crippen LogP contribution < -0.4 is 0 Å². The normalized spacial score (nSPS) is 20.4. The summed E-state index contributed by atoms with van der Waals surface area (Å²) in [6.07, 6.45) is 6.70. The van der Waals surface area contributed by atoms with Gasteiger partial charge in [0.2, 0.25) is 0 Å². The zero-order valence-corrected chi connectivity index (χ0v) is 31.5. The van der Waals surface area contributed by atoms with Crippen molar-refractivity contribution in [3.05, 3.63) is 163 Å². The molecule has 2 aliphatic carbocycles. The summed E-state index contributed by atoms with van der Waals surface area (Å²) < 4.78 is 0. The third kappa shape index (κ3) is 6.99. The molecule has 9 rings (SSSR count). The summed E-state index contributed by atoms with van der Waals surface area (Å²) in [5.41, 5.74) is 11.7. The van der Waals surface area contributed by atoms with Gasteiger partial charge in [-0.1, -0.05) is 135 Å². The van der Waals surface area contributed by atoms with Gasteiger partial charge in [0.1, 0.15) is 0 Å². The van der Waals surface area contributed by atoms with Gasteiger partial charge in [0.05, 0.1) is 11.6 Å². The molecule has 2 aliphatic rings. The van der Waals surface area contributed by atoms with Gasteiger partial charge in [-0.25, -0.2) is 15.0 Å². The van der Waals surface area contributed by atoms with Gasteiger partial charge < -0.3 is 0 Å². The van der Waals surface area contributed by atoms with E-state index in [1.807, 2.05) is 36.4 Å². The fraction of sp³-hybridized carbons (Fsp3) is 0.216. The van der Waals surface area contributed by atoms with Gasteiger partial charge in [0, 0.05) is 16.7 Å². The third-order valence-electron chi connectivity index (χ3n) is 11.9. The number of hydrogen-bond acceptors (Lipinski definition) is 4. The van der Waals surface area contributed by atoms with Gasteiger partial charge in [0.25, 0.3) is 0 Å². The maximum Gasteiger partial charge on any atom is 0.164 e. The van der Waals surface area contributed by atoms with Crippen molar-refractivity contribution < 1.29 is 0 Å². The molecule has 4 atom stereocenters. The number of benzene rings is 6. The molecule has 0 saturated heterocycles. The SMILES string of the molecule is C[C@@H]1CC2C[C@H](C)CC(c3ccc(-c4ccc(-c5nc(-c6cccc(C#N)c6)nc(-c6cccc(-c7ccccc7)c6)n5)c(-c5ccccc5)c4)cc3)(C2)C1. The summed E-state index contributed by atoms with van der Waals surface area (Å²) >= 11 is 0. The maximum atomic E-state index is 9.73. The first-order chi connectivity index (χ1) is 26.9. The van der Waals surface area contributed by atoms with Crippen LogP contribution in [-0.4, -0.2) is 15.0 Å². The summed E-state index contributed by atoms with van der Waals surface area (Å²) in [5, 5.41) is 9.73. The van der Waals surface area contributed by atoms with Crippen LogP contribution in [0.2, 0.25) is 0 Å². The molecule has 4 nitrogen and oxygen atoms in total. The highest BCUT2D eigenvalue weighted by Crippen LogP contribution is 2.54. The van der Waals surface area contributed by atoms with Crippen LogP contribution in [0, 0.1) is 29.1 Å². The predicted octanol–water partition coefficient (Wildman–Crippen LogP) is 12.8. The highest BCUT2D eigenvalue weighted by atomic mass is 15.0. The van der Waals surface area contributed by atoms with Gasteiger partial charge in [-0.2, -0.15) is 5.26 Å². The lowest BCUT2D eigenvalue weighted by molar-refractivity contribution is 0.0780. The molecule has 2 unspecified atom stereocenters. The van der Waals surface area contributed by atoms with E-state index < -0.39 is 0 Å². The van der Waals surface area contributed by atoms with E-state index >= 15 is 0 Å². The minimum absolute atomic E-state index is 0.305. The molecule has 55 heavy (non-hydrogen) atoms. The highest BCUT2D eigenvalue weighted by Gasteiger charge is 2.45. The topological polar surface area (TPSA) is 62.5 Å². The molecule has 0 N–H and O–H groups in total. The van der Waals surface area contributed by atoms with Gasteiger partial charge in [-0.15, -0.1) is 0 Å². The molecule has 0 amide bonds. The Morgan fingerprint density at radius 2 is 1.00 bits per heavy atom. The summed E-state index contributed by atoms with van der Waals surface area (Å²) in [6.45, 7) is 4.92. The fourth-order valence-electron chi connectivity index (χ4n) is 9.80. The lowest BCUT2D eigenvalue weighted by Gasteiger charge is -2.50. The van der Waals surface area contributed by atoms with Crippen molar-refractivity contribution in [2.45, 2.75) is 51.4 Å². The van der Waals surface area contributed by atoms with Crippen LogP contribution >= 0.6 is 0 Å². The lowest BCUT2D eigenvalue weighted by Crippen LogP contribution is -2.42. The Balaban J connectivity index is 1.16. The summed E-state index contributed by atoms with van der Waals surface area (Å²) in [7, 11) is 0. The average molecular weight is 713 g/mol. The molecule has 0 aliphatic heterocycles. The Morgan fingerprint density at radius 1 is 0.473 bits per heavy atom. The Morgan fingerprint density at radius 3 is 1.67 bits per heavy atom. The first kappa shape index (κ1) is 34.6. The Labute approximate surface area is 324 Å². The molecule has 0 radical (unpaired) electrons. The standard InChI is InChI=1S/C51H44N4/c1-34-25-37-26-35(2)31-51(30-34,32-37)45-22-19-39(20-23-45)42-21-24-46(47(29-42)40-14-7-4-8-15-40)50-54-48(43-17-9-11-36(27-43)33-52)53-49(55-50)44-18-10-16-41(28-44)38-12-5-3-6-13-38/h3-24,27-29,34-35,37H,25-26,30-32H2,1-2H3/t34-,35+,37?,51?. The van der Waals surface area contributed by atoms with Gasteiger partial charge in [-0.05, 0) is 125 Å². The number of aromatic nitrogens is 3. The van der Waals surface area contributed by atoms with E-state index in [4.69, 9.17) is 15.0 Å². The Bertz CT molecular complexity index is 2500. The molecule has 2 bridgehead atoms. The summed E-state index contributed by atoms with van der Waals surface area (Å²) in [6, 6.07) is 55.1. The monoisotopic (exact) mass is 712 g/mol. The summed E-state index contributed by atoms with van der Waals surface area (Å²) in [4.78, 5) is 15.3. The van der Waals surface area contributed by atoms with Crippen LogP contribution in [0.1, 0.15) is 57.1 Å². The third-order valence-corrected chi connectivity index (χ3v) is 11.9. The molecular formula is C51H44N4. The second-order valence-corrected chi connectivity index (χ2v) is 16.1. The van der Waals surface area contributed by atoms with E-state index in [9.17, 15) is 5.26 Å².